The Morgan fingerprint density at radius 1 is 1.39 bits per heavy atom. The van der Waals surface area contributed by atoms with Crippen molar-refractivity contribution in [2.75, 3.05) is 13.2 Å². The molecule has 23 heavy (non-hydrogen) atoms. The number of amides is 1. The second kappa shape index (κ2) is 7.59. The summed E-state index contributed by atoms with van der Waals surface area (Å²) in [6.07, 6.45) is -0.162. The van der Waals surface area contributed by atoms with Gasteiger partial charge in [-0.1, -0.05) is 18.2 Å². The van der Waals surface area contributed by atoms with Gasteiger partial charge in [-0.3, -0.25) is 9.59 Å². The fourth-order valence-corrected chi connectivity index (χ4v) is 2.74. The van der Waals surface area contributed by atoms with E-state index < -0.39 is 0 Å². The molecule has 0 radical (unpaired) electrons. The highest BCUT2D eigenvalue weighted by Gasteiger charge is 2.27. The number of aromatic amines is 1. The largest absolute Gasteiger partial charge is 0.375 e. The van der Waals surface area contributed by atoms with Crippen LogP contribution in [0.2, 0.25) is 0 Å². The average molecular weight is 338 g/mol. The quantitative estimate of drug-likeness (QED) is 0.778. The lowest BCUT2D eigenvalue weighted by Gasteiger charge is -2.29. The molecular formula is C16H20ClN3O3. The Morgan fingerprint density at radius 2 is 2.17 bits per heavy atom. The molecule has 0 aliphatic carbocycles. The topological polar surface area (TPSA) is 83.2 Å². The Kier molecular flexibility index (Phi) is 5.76. The minimum absolute atomic E-state index is 0. The first kappa shape index (κ1) is 17.5. The smallest absolute Gasteiger partial charge is 0.248 e. The van der Waals surface area contributed by atoms with E-state index in [0.29, 0.717) is 19.7 Å². The number of ether oxygens (including phenoxy) is 1. The van der Waals surface area contributed by atoms with Gasteiger partial charge >= 0.3 is 0 Å². The molecule has 3 N–H and O–H groups in total. The van der Waals surface area contributed by atoms with Crippen molar-refractivity contribution in [1.82, 2.24) is 15.6 Å². The molecule has 1 saturated heterocycles. The third kappa shape index (κ3) is 3.90. The molecule has 2 heterocycles. The number of halogens is 1. The molecule has 2 aromatic rings. The lowest BCUT2D eigenvalue weighted by molar-refractivity contribution is -0.129. The normalized spacial score (nSPS) is 20.7. The fourth-order valence-electron chi connectivity index (χ4n) is 2.74. The Bertz CT molecular complexity index is 747. The van der Waals surface area contributed by atoms with Crippen molar-refractivity contribution in [3.8, 4) is 0 Å². The van der Waals surface area contributed by atoms with Crippen LogP contribution < -0.4 is 16.2 Å². The predicted molar refractivity (Wildman–Crippen MR) is 90.9 cm³/mol. The molecule has 124 valence electrons. The highest BCUT2D eigenvalue weighted by atomic mass is 35.5. The standard InChI is InChI=1S/C16H19N3O3.ClH/c1-10-15(17-6-7-22-10)16(21)18-9-11-8-14(20)19-13-5-3-2-4-12(11)13;/h2-5,8,10,15,17H,6-7,9H2,1H3,(H,18,21)(H,19,20);1H/t10-,15+;/m1./s1. The minimum atomic E-state index is -0.359. The molecule has 1 aromatic heterocycles. The Balaban J connectivity index is 0.00000192. The van der Waals surface area contributed by atoms with Crippen molar-refractivity contribution in [3.05, 3.63) is 46.2 Å². The lowest BCUT2D eigenvalue weighted by atomic mass is 10.1. The molecule has 1 amide bonds. The van der Waals surface area contributed by atoms with Gasteiger partial charge < -0.3 is 20.4 Å². The maximum Gasteiger partial charge on any atom is 0.248 e. The first-order valence-corrected chi connectivity index (χ1v) is 7.39. The van der Waals surface area contributed by atoms with E-state index in [2.05, 4.69) is 15.6 Å². The molecule has 0 unspecified atom stereocenters. The summed E-state index contributed by atoms with van der Waals surface area (Å²) in [4.78, 5) is 26.8. The molecule has 0 spiro atoms. The summed E-state index contributed by atoms with van der Waals surface area (Å²) < 4.78 is 5.47. The molecule has 1 aromatic carbocycles. The molecule has 1 aliphatic heterocycles. The Labute approximate surface area is 140 Å². The van der Waals surface area contributed by atoms with Crippen LogP contribution in [0.5, 0.6) is 0 Å². The third-order valence-electron chi connectivity index (χ3n) is 3.89. The van der Waals surface area contributed by atoms with E-state index in [-0.39, 0.29) is 36.0 Å². The van der Waals surface area contributed by atoms with Gasteiger partial charge in [0.25, 0.3) is 0 Å². The summed E-state index contributed by atoms with van der Waals surface area (Å²) in [5.74, 6) is -0.114. The molecule has 1 aliphatic rings. The van der Waals surface area contributed by atoms with Gasteiger partial charge in [0.05, 0.1) is 12.7 Å². The van der Waals surface area contributed by atoms with Crippen molar-refractivity contribution < 1.29 is 9.53 Å². The molecule has 7 heteroatoms. The second-order valence-corrected chi connectivity index (χ2v) is 5.43. The number of nitrogens with one attached hydrogen (secondary N) is 3. The predicted octanol–water partition coefficient (Wildman–Crippen LogP) is 0.943. The maximum absolute atomic E-state index is 12.3. The molecular weight excluding hydrogens is 318 g/mol. The summed E-state index contributed by atoms with van der Waals surface area (Å²) in [7, 11) is 0. The molecule has 3 rings (SSSR count). The van der Waals surface area contributed by atoms with Gasteiger partial charge in [0.2, 0.25) is 11.5 Å². The maximum atomic E-state index is 12.3. The lowest BCUT2D eigenvalue weighted by Crippen LogP contribution is -2.55. The SMILES string of the molecule is C[C@H]1OCCN[C@@H]1C(=O)NCc1cc(=O)[nH]c2ccccc12.Cl. The van der Waals surface area contributed by atoms with E-state index in [1.165, 1.54) is 6.07 Å². The van der Waals surface area contributed by atoms with Gasteiger partial charge in [0, 0.05) is 30.1 Å². The van der Waals surface area contributed by atoms with Crippen LogP contribution in [0.15, 0.2) is 35.1 Å². The second-order valence-electron chi connectivity index (χ2n) is 5.43. The van der Waals surface area contributed by atoms with Crippen LogP contribution in [0.4, 0.5) is 0 Å². The van der Waals surface area contributed by atoms with Crippen LogP contribution in [0.1, 0.15) is 12.5 Å². The molecule has 2 atom stereocenters. The van der Waals surface area contributed by atoms with E-state index in [1.807, 2.05) is 31.2 Å². The van der Waals surface area contributed by atoms with Gasteiger partial charge in [0.1, 0.15) is 6.04 Å². The number of hydrogen-bond acceptors (Lipinski definition) is 4. The van der Waals surface area contributed by atoms with E-state index in [4.69, 9.17) is 4.74 Å². The highest BCUT2D eigenvalue weighted by Crippen LogP contribution is 2.14. The monoisotopic (exact) mass is 337 g/mol. The Morgan fingerprint density at radius 3 is 2.96 bits per heavy atom. The molecule has 0 saturated carbocycles. The van der Waals surface area contributed by atoms with Crippen LogP contribution in [0.3, 0.4) is 0 Å². The minimum Gasteiger partial charge on any atom is -0.375 e. The van der Waals surface area contributed by atoms with Crippen LogP contribution in [0.25, 0.3) is 10.9 Å². The number of pyridine rings is 1. The summed E-state index contributed by atoms with van der Waals surface area (Å²) in [6.45, 7) is 3.47. The van der Waals surface area contributed by atoms with Gasteiger partial charge in [-0.15, -0.1) is 12.4 Å². The number of morpholine rings is 1. The van der Waals surface area contributed by atoms with E-state index in [0.717, 1.165) is 16.5 Å². The number of hydrogen-bond donors (Lipinski definition) is 3. The number of carbonyl (C=O) groups is 1. The number of carbonyl (C=O) groups excluding carboxylic acids is 1. The average Bonchev–Trinajstić information content (AvgIpc) is 2.52. The van der Waals surface area contributed by atoms with Gasteiger partial charge in [-0.2, -0.15) is 0 Å². The van der Waals surface area contributed by atoms with Crippen molar-refractivity contribution in [2.24, 2.45) is 0 Å². The van der Waals surface area contributed by atoms with Gasteiger partial charge in [-0.05, 0) is 18.6 Å². The zero-order valence-corrected chi connectivity index (χ0v) is 13.6. The number of aromatic nitrogens is 1. The number of fused-ring (bicyclic) bond motifs is 1. The number of H-pyrrole nitrogens is 1. The van der Waals surface area contributed by atoms with Crippen molar-refractivity contribution in [3.63, 3.8) is 0 Å². The first-order valence-electron chi connectivity index (χ1n) is 7.39. The summed E-state index contributed by atoms with van der Waals surface area (Å²) in [5, 5.41) is 6.97. The van der Waals surface area contributed by atoms with Gasteiger partial charge in [0.15, 0.2) is 0 Å². The fraction of sp³-hybridized carbons (Fsp3) is 0.375. The van der Waals surface area contributed by atoms with Crippen LogP contribution >= 0.6 is 12.4 Å². The molecule has 6 nitrogen and oxygen atoms in total. The van der Waals surface area contributed by atoms with Crippen LogP contribution in [-0.2, 0) is 16.1 Å². The van der Waals surface area contributed by atoms with Crippen LogP contribution in [0, 0.1) is 0 Å². The van der Waals surface area contributed by atoms with Crippen LogP contribution in [-0.4, -0.2) is 36.2 Å². The van der Waals surface area contributed by atoms with E-state index in [9.17, 15) is 9.59 Å². The van der Waals surface area contributed by atoms with E-state index in [1.54, 1.807) is 0 Å². The number of benzene rings is 1. The number of rotatable bonds is 3. The number of para-hydroxylation sites is 1. The summed E-state index contributed by atoms with van der Waals surface area (Å²) >= 11 is 0. The summed E-state index contributed by atoms with van der Waals surface area (Å²) in [6, 6.07) is 8.72. The van der Waals surface area contributed by atoms with Crippen molar-refractivity contribution in [2.45, 2.75) is 25.6 Å². The zero-order valence-electron chi connectivity index (χ0n) is 12.8. The Hall–Kier alpha value is -1.89. The van der Waals surface area contributed by atoms with E-state index >= 15 is 0 Å². The first-order chi connectivity index (χ1) is 10.6. The molecule has 1 fully saturated rings. The van der Waals surface area contributed by atoms with Crippen molar-refractivity contribution in [1.29, 1.82) is 0 Å². The third-order valence-corrected chi connectivity index (χ3v) is 3.89. The molecule has 0 bridgehead atoms. The highest BCUT2D eigenvalue weighted by molar-refractivity contribution is 5.85. The summed E-state index contributed by atoms with van der Waals surface area (Å²) in [5.41, 5.74) is 1.40. The van der Waals surface area contributed by atoms with Gasteiger partial charge in [-0.25, -0.2) is 0 Å². The van der Waals surface area contributed by atoms with Crippen molar-refractivity contribution >= 4 is 29.2 Å². The zero-order chi connectivity index (χ0) is 15.5.